The molecule has 0 aromatic carbocycles. The van der Waals surface area contributed by atoms with Gasteiger partial charge in [0, 0.05) is 0 Å². The lowest BCUT2D eigenvalue weighted by molar-refractivity contribution is -0.119. The van der Waals surface area contributed by atoms with Crippen molar-refractivity contribution >= 4 is 5.91 Å². The Hall–Kier alpha value is -0.610. The molecule has 0 aliphatic rings. The summed E-state index contributed by atoms with van der Waals surface area (Å²) in [4.78, 5) is 10.6. The third-order valence-corrected chi connectivity index (χ3v) is 2.33. The summed E-state index contributed by atoms with van der Waals surface area (Å²) >= 11 is 0. The van der Waals surface area contributed by atoms with Gasteiger partial charge in [-0.15, -0.1) is 0 Å². The van der Waals surface area contributed by atoms with Crippen LogP contribution >= 0.6 is 0 Å². The minimum atomic E-state index is -0.459. The van der Waals surface area contributed by atoms with Crippen molar-refractivity contribution in [3.05, 3.63) is 0 Å². The van der Waals surface area contributed by atoms with Crippen LogP contribution in [0.1, 0.15) is 44.9 Å². The zero-order valence-electron chi connectivity index (χ0n) is 8.87. The SMILES string of the molecule is NCCCCCCCCC(N)C(N)=O. The number of nitrogens with two attached hydrogens (primary N) is 3. The summed E-state index contributed by atoms with van der Waals surface area (Å²) in [6.07, 6.45) is 7.58. The van der Waals surface area contributed by atoms with E-state index in [4.69, 9.17) is 17.2 Å². The lowest BCUT2D eigenvalue weighted by Gasteiger charge is -2.06. The van der Waals surface area contributed by atoms with Crippen LogP contribution in [0.2, 0.25) is 0 Å². The molecule has 0 aromatic rings. The molecule has 0 aliphatic heterocycles. The van der Waals surface area contributed by atoms with E-state index in [1.54, 1.807) is 0 Å². The van der Waals surface area contributed by atoms with Crippen molar-refractivity contribution in [1.82, 2.24) is 0 Å². The van der Waals surface area contributed by atoms with E-state index < -0.39 is 11.9 Å². The first-order valence-electron chi connectivity index (χ1n) is 5.43. The van der Waals surface area contributed by atoms with E-state index in [0.29, 0.717) is 6.42 Å². The summed E-state index contributed by atoms with van der Waals surface area (Å²) in [5.74, 6) is -0.395. The van der Waals surface area contributed by atoms with Crippen LogP contribution in [-0.4, -0.2) is 18.5 Å². The first-order chi connectivity index (χ1) is 6.68. The summed E-state index contributed by atoms with van der Waals surface area (Å²) in [5, 5.41) is 0. The van der Waals surface area contributed by atoms with E-state index in [1.807, 2.05) is 0 Å². The first-order valence-corrected chi connectivity index (χ1v) is 5.43. The fourth-order valence-electron chi connectivity index (χ4n) is 1.36. The Morgan fingerprint density at radius 1 is 1.00 bits per heavy atom. The number of hydrogen-bond acceptors (Lipinski definition) is 3. The third-order valence-electron chi connectivity index (χ3n) is 2.33. The zero-order chi connectivity index (χ0) is 10.8. The molecule has 0 aliphatic carbocycles. The Kier molecular flexibility index (Phi) is 8.57. The molecule has 4 nitrogen and oxygen atoms in total. The Morgan fingerprint density at radius 2 is 1.50 bits per heavy atom. The van der Waals surface area contributed by atoms with Crippen molar-refractivity contribution in [2.75, 3.05) is 6.54 Å². The van der Waals surface area contributed by atoms with Crippen LogP contribution in [0.25, 0.3) is 0 Å². The van der Waals surface area contributed by atoms with Crippen LogP contribution in [0.4, 0.5) is 0 Å². The van der Waals surface area contributed by atoms with Crippen LogP contribution in [0, 0.1) is 0 Å². The van der Waals surface area contributed by atoms with E-state index in [0.717, 1.165) is 25.8 Å². The molecule has 0 radical (unpaired) electrons. The number of carbonyl (C=O) groups excluding carboxylic acids is 1. The number of primary amides is 1. The smallest absolute Gasteiger partial charge is 0.234 e. The molecule has 1 unspecified atom stereocenters. The summed E-state index contributed by atoms with van der Waals surface area (Å²) in [5.41, 5.74) is 15.9. The molecule has 84 valence electrons. The Morgan fingerprint density at radius 3 is 2.00 bits per heavy atom. The van der Waals surface area contributed by atoms with Crippen LogP contribution in [-0.2, 0) is 4.79 Å². The minimum absolute atomic E-state index is 0.395. The lowest BCUT2D eigenvalue weighted by atomic mass is 10.1. The molecular weight excluding hydrogens is 178 g/mol. The summed E-state index contributed by atoms with van der Waals surface area (Å²) in [6.45, 7) is 0.784. The normalized spacial score (nSPS) is 12.7. The van der Waals surface area contributed by atoms with Crippen LogP contribution in [0.15, 0.2) is 0 Å². The van der Waals surface area contributed by atoms with Gasteiger partial charge in [0.2, 0.25) is 5.91 Å². The maximum Gasteiger partial charge on any atom is 0.234 e. The van der Waals surface area contributed by atoms with Gasteiger partial charge in [-0.3, -0.25) is 4.79 Å². The van der Waals surface area contributed by atoms with Crippen LogP contribution in [0.5, 0.6) is 0 Å². The lowest BCUT2D eigenvalue weighted by Crippen LogP contribution is -2.36. The predicted octanol–water partition coefficient (Wildman–Crippen LogP) is 0.488. The van der Waals surface area contributed by atoms with Gasteiger partial charge in [-0.25, -0.2) is 0 Å². The molecule has 4 heteroatoms. The second kappa shape index (κ2) is 8.97. The summed E-state index contributed by atoms with van der Waals surface area (Å²) in [7, 11) is 0. The third kappa shape index (κ3) is 8.01. The molecule has 0 fully saturated rings. The highest BCUT2D eigenvalue weighted by atomic mass is 16.1. The number of carbonyl (C=O) groups is 1. The molecule has 0 saturated carbocycles. The molecular formula is C10H23N3O. The Bertz CT molecular complexity index is 150. The molecule has 0 aromatic heterocycles. The zero-order valence-corrected chi connectivity index (χ0v) is 8.87. The van der Waals surface area contributed by atoms with Crippen molar-refractivity contribution in [2.24, 2.45) is 17.2 Å². The molecule has 6 N–H and O–H groups in total. The highest BCUT2D eigenvalue weighted by Crippen LogP contribution is 2.07. The van der Waals surface area contributed by atoms with E-state index in [-0.39, 0.29) is 0 Å². The standard InChI is InChI=1S/C10H23N3O/c11-8-6-4-2-1-3-5-7-9(12)10(13)14/h9H,1-8,11-12H2,(H2,13,14). The van der Waals surface area contributed by atoms with Gasteiger partial charge >= 0.3 is 0 Å². The van der Waals surface area contributed by atoms with Gasteiger partial charge in [-0.2, -0.15) is 0 Å². The van der Waals surface area contributed by atoms with Crippen molar-refractivity contribution in [2.45, 2.75) is 51.0 Å². The monoisotopic (exact) mass is 201 g/mol. The largest absolute Gasteiger partial charge is 0.368 e. The highest BCUT2D eigenvalue weighted by molar-refractivity contribution is 5.79. The molecule has 0 heterocycles. The quantitative estimate of drug-likeness (QED) is 0.474. The van der Waals surface area contributed by atoms with Crippen molar-refractivity contribution in [3.63, 3.8) is 0 Å². The van der Waals surface area contributed by atoms with E-state index in [9.17, 15) is 4.79 Å². The summed E-state index contributed by atoms with van der Waals surface area (Å²) in [6, 6.07) is -0.459. The first kappa shape index (κ1) is 13.4. The molecule has 0 spiro atoms. The molecule has 0 saturated heterocycles. The predicted molar refractivity (Wildman–Crippen MR) is 58.5 cm³/mol. The van der Waals surface area contributed by atoms with Crippen LogP contribution < -0.4 is 17.2 Å². The second-order valence-electron chi connectivity index (χ2n) is 3.71. The molecule has 14 heavy (non-hydrogen) atoms. The second-order valence-corrected chi connectivity index (χ2v) is 3.71. The number of unbranched alkanes of at least 4 members (excludes halogenated alkanes) is 5. The van der Waals surface area contributed by atoms with Crippen molar-refractivity contribution in [3.8, 4) is 0 Å². The highest BCUT2D eigenvalue weighted by Gasteiger charge is 2.07. The van der Waals surface area contributed by atoms with Gasteiger partial charge in [0.1, 0.15) is 0 Å². The molecule has 1 atom stereocenters. The molecule has 0 bridgehead atoms. The number of hydrogen-bond donors (Lipinski definition) is 3. The van der Waals surface area contributed by atoms with Gasteiger partial charge in [0.25, 0.3) is 0 Å². The molecule has 1 amide bonds. The van der Waals surface area contributed by atoms with Crippen LogP contribution in [0.3, 0.4) is 0 Å². The van der Waals surface area contributed by atoms with Gasteiger partial charge in [0.05, 0.1) is 6.04 Å². The maximum absolute atomic E-state index is 10.6. The fourth-order valence-corrected chi connectivity index (χ4v) is 1.36. The average molecular weight is 201 g/mol. The van der Waals surface area contributed by atoms with Crippen molar-refractivity contribution < 1.29 is 4.79 Å². The maximum atomic E-state index is 10.6. The number of amides is 1. The average Bonchev–Trinajstić information content (AvgIpc) is 2.16. The van der Waals surface area contributed by atoms with Gasteiger partial charge in [-0.05, 0) is 19.4 Å². The van der Waals surface area contributed by atoms with Crippen molar-refractivity contribution in [1.29, 1.82) is 0 Å². The Balaban J connectivity index is 3.09. The van der Waals surface area contributed by atoms with Gasteiger partial charge < -0.3 is 17.2 Å². The van der Waals surface area contributed by atoms with Gasteiger partial charge in [-0.1, -0.05) is 32.1 Å². The fraction of sp³-hybridized carbons (Fsp3) is 0.900. The minimum Gasteiger partial charge on any atom is -0.368 e. The topological polar surface area (TPSA) is 95.1 Å². The van der Waals surface area contributed by atoms with E-state index >= 15 is 0 Å². The summed E-state index contributed by atoms with van der Waals surface area (Å²) < 4.78 is 0. The van der Waals surface area contributed by atoms with E-state index in [1.165, 1.54) is 19.3 Å². The molecule has 0 rings (SSSR count). The van der Waals surface area contributed by atoms with E-state index in [2.05, 4.69) is 0 Å². The number of rotatable bonds is 9. The van der Waals surface area contributed by atoms with Gasteiger partial charge in [0.15, 0.2) is 0 Å². The Labute approximate surface area is 86.2 Å².